The van der Waals surface area contributed by atoms with Crippen LogP contribution < -0.4 is 0 Å². The first-order valence-corrected chi connectivity index (χ1v) is 4.44. The summed E-state index contributed by atoms with van der Waals surface area (Å²) >= 11 is 0. The first-order chi connectivity index (χ1) is 5.11. The Hall–Kier alpha value is -0.300. The fourth-order valence-electron chi connectivity index (χ4n) is 1.75. The maximum atomic E-state index is 9.56. The van der Waals surface area contributed by atoms with E-state index in [2.05, 4.69) is 20.4 Å². The van der Waals surface area contributed by atoms with Crippen LogP contribution in [0.3, 0.4) is 0 Å². The van der Waals surface area contributed by atoms with Gasteiger partial charge in [0.25, 0.3) is 0 Å². The van der Waals surface area contributed by atoms with Gasteiger partial charge in [0.1, 0.15) is 0 Å². The van der Waals surface area contributed by atoms with Crippen LogP contribution in [-0.4, -0.2) is 11.2 Å². The minimum absolute atomic E-state index is 0.0922. The fourth-order valence-corrected chi connectivity index (χ4v) is 1.75. The molecule has 3 atom stereocenters. The first kappa shape index (κ1) is 8.79. The molecule has 0 aromatic heterocycles. The highest BCUT2D eigenvalue weighted by Gasteiger charge is 2.25. The molecule has 1 heteroatoms. The summed E-state index contributed by atoms with van der Waals surface area (Å²) < 4.78 is 0. The largest absolute Gasteiger partial charge is 0.393 e. The number of allylic oxidation sites excluding steroid dienone is 1. The molecule has 0 aliphatic heterocycles. The Balaban J connectivity index is 2.46. The predicted molar refractivity (Wildman–Crippen MR) is 47.3 cm³/mol. The molecular formula is C10H18O. The van der Waals surface area contributed by atoms with E-state index in [9.17, 15) is 5.11 Å². The summed E-state index contributed by atoms with van der Waals surface area (Å²) in [5.41, 5.74) is 1.23. The molecular weight excluding hydrogens is 136 g/mol. The highest BCUT2D eigenvalue weighted by molar-refractivity contribution is 4.99. The summed E-state index contributed by atoms with van der Waals surface area (Å²) in [5, 5.41) is 9.56. The van der Waals surface area contributed by atoms with Gasteiger partial charge in [-0.3, -0.25) is 0 Å². The number of aliphatic hydroxyl groups is 1. The van der Waals surface area contributed by atoms with Crippen LogP contribution in [0.1, 0.15) is 33.1 Å². The molecule has 11 heavy (non-hydrogen) atoms. The van der Waals surface area contributed by atoms with Gasteiger partial charge in [-0.1, -0.05) is 19.1 Å². The van der Waals surface area contributed by atoms with E-state index in [4.69, 9.17) is 0 Å². The zero-order valence-corrected chi connectivity index (χ0v) is 7.51. The molecule has 0 heterocycles. The molecule has 1 rings (SSSR count). The van der Waals surface area contributed by atoms with Crippen molar-refractivity contribution >= 4 is 0 Å². The summed E-state index contributed by atoms with van der Waals surface area (Å²) in [6, 6.07) is 0. The average Bonchev–Trinajstić information content (AvgIpc) is 1.94. The maximum absolute atomic E-state index is 9.56. The average molecular weight is 154 g/mol. The standard InChI is InChI=1S/C10H18O/c1-7(2)9-5-4-8(3)10(11)6-9/h8-11H,1,4-6H2,2-3H3/t8-,9?,10?/m1/s1. The Morgan fingerprint density at radius 3 is 2.55 bits per heavy atom. The smallest absolute Gasteiger partial charge is 0.0571 e. The predicted octanol–water partition coefficient (Wildman–Crippen LogP) is 2.36. The second-order valence-corrected chi connectivity index (χ2v) is 3.90. The fraction of sp³-hybridized carbons (Fsp3) is 0.800. The lowest BCUT2D eigenvalue weighted by Crippen LogP contribution is -2.27. The van der Waals surface area contributed by atoms with E-state index < -0.39 is 0 Å². The number of hydrogen-bond acceptors (Lipinski definition) is 1. The molecule has 1 fully saturated rings. The molecule has 1 aliphatic carbocycles. The molecule has 0 bridgehead atoms. The lowest BCUT2D eigenvalue weighted by Gasteiger charge is -2.31. The van der Waals surface area contributed by atoms with E-state index in [0.717, 1.165) is 12.8 Å². The second kappa shape index (κ2) is 3.40. The third-order valence-electron chi connectivity index (χ3n) is 2.85. The number of rotatable bonds is 1. The number of aliphatic hydroxyl groups excluding tert-OH is 1. The van der Waals surface area contributed by atoms with Crippen molar-refractivity contribution in [2.75, 3.05) is 0 Å². The Morgan fingerprint density at radius 2 is 2.09 bits per heavy atom. The maximum Gasteiger partial charge on any atom is 0.0571 e. The van der Waals surface area contributed by atoms with E-state index in [1.165, 1.54) is 12.0 Å². The molecule has 1 saturated carbocycles. The first-order valence-electron chi connectivity index (χ1n) is 4.44. The molecule has 2 unspecified atom stereocenters. The minimum atomic E-state index is -0.0922. The van der Waals surface area contributed by atoms with Gasteiger partial charge in [-0.05, 0) is 38.0 Å². The Morgan fingerprint density at radius 1 is 1.45 bits per heavy atom. The van der Waals surface area contributed by atoms with Crippen molar-refractivity contribution in [3.8, 4) is 0 Å². The zero-order valence-electron chi connectivity index (χ0n) is 7.51. The van der Waals surface area contributed by atoms with Crippen LogP contribution >= 0.6 is 0 Å². The molecule has 0 amide bonds. The van der Waals surface area contributed by atoms with Crippen molar-refractivity contribution < 1.29 is 5.11 Å². The second-order valence-electron chi connectivity index (χ2n) is 3.90. The third-order valence-corrected chi connectivity index (χ3v) is 2.85. The van der Waals surface area contributed by atoms with Crippen molar-refractivity contribution in [3.05, 3.63) is 12.2 Å². The van der Waals surface area contributed by atoms with Gasteiger partial charge in [-0.25, -0.2) is 0 Å². The van der Waals surface area contributed by atoms with Gasteiger partial charge >= 0.3 is 0 Å². The van der Waals surface area contributed by atoms with Gasteiger partial charge in [-0.2, -0.15) is 0 Å². The van der Waals surface area contributed by atoms with Gasteiger partial charge in [0.2, 0.25) is 0 Å². The van der Waals surface area contributed by atoms with E-state index in [1.807, 2.05) is 0 Å². The molecule has 1 nitrogen and oxygen atoms in total. The molecule has 1 aliphatic rings. The van der Waals surface area contributed by atoms with Crippen LogP contribution in [0.2, 0.25) is 0 Å². The third kappa shape index (κ3) is 2.06. The molecule has 0 spiro atoms. The van der Waals surface area contributed by atoms with Gasteiger partial charge in [-0.15, -0.1) is 0 Å². The molecule has 0 aromatic rings. The lowest BCUT2D eigenvalue weighted by atomic mass is 9.78. The van der Waals surface area contributed by atoms with Crippen molar-refractivity contribution in [1.82, 2.24) is 0 Å². The van der Waals surface area contributed by atoms with Crippen LogP contribution in [0.25, 0.3) is 0 Å². The van der Waals surface area contributed by atoms with Gasteiger partial charge in [0, 0.05) is 0 Å². The summed E-state index contributed by atoms with van der Waals surface area (Å²) in [6.45, 7) is 8.11. The van der Waals surface area contributed by atoms with E-state index in [0.29, 0.717) is 11.8 Å². The SMILES string of the molecule is C=C(C)C1CC[C@@H](C)C(O)C1. The Labute approximate surface area is 69.1 Å². The molecule has 0 saturated heterocycles. The minimum Gasteiger partial charge on any atom is -0.393 e. The van der Waals surface area contributed by atoms with E-state index in [1.54, 1.807) is 0 Å². The summed E-state index contributed by atoms with van der Waals surface area (Å²) in [6.07, 6.45) is 3.20. The highest BCUT2D eigenvalue weighted by Crippen LogP contribution is 2.32. The highest BCUT2D eigenvalue weighted by atomic mass is 16.3. The quantitative estimate of drug-likeness (QED) is 0.575. The normalized spacial score (nSPS) is 38.6. The van der Waals surface area contributed by atoms with Crippen LogP contribution in [0.15, 0.2) is 12.2 Å². The van der Waals surface area contributed by atoms with Gasteiger partial charge < -0.3 is 5.11 Å². The van der Waals surface area contributed by atoms with Crippen molar-refractivity contribution in [2.24, 2.45) is 11.8 Å². The summed E-state index contributed by atoms with van der Waals surface area (Å²) in [7, 11) is 0. The molecule has 1 N–H and O–H groups in total. The van der Waals surface area contributed by atoms with E-state index in [-0.39, 0.29) is 6.10 Å². The van der Waals surface area contributed by atoms with Gasteiger partial charge in [0.05, 0.1) is 6.10 Å². The Kier molecular flexibility index (Phi) is 2.72. The topological polar surface area (TPSA) is 20.2 Å². The number of hydrogen-bond donors (Lipinski definition) is 1. The monoisotopic (exact) mass is 154 g/mol. The van der Waals surface area contributed by atoms with Crippen LogP contribution in [0, 0.1) is 11.8 Å². The zero-order chi connectivity index (χ0) is 8.43. The molecule has 64 valence electrons. The van der Waals surface area contributed by atoms with Crippen molar-refractivity contribution in [1.29, 1.82) is 0 Å². The van der Waals surface area contributed by atoms with Crippen LogP contribution in [0.5, 0.6) is 0 Å². The Bertz CT molecular complexity index is 151. The molecule has 0 aromatic carbocycles. The lowest BCUT2D eigenvalue weighted by molar-refractivity contribution is 0.0614. The molecule has 0 radical (unpaired) electrons. The van der Waals surface area contributed by atoms with Crippen molar-refractivity contribution in [3.63, 3.8) is 0 Å². The summed E-state index contributed by atoms with van der Waals surface area (Å²) in [4.78, 5) is 0. The van der Waals surface area contributed by atoms with Crippen molar-refractivity contribution in [2.45, 2.75) is 39.2 Å². The van der Waals surface area contributed by atoms with E-state index >= 15 is 0 Å². The summed E-state index contributed by atoms with van der Waals surface area (Å²) in [5.74, 6) is 1.06. The van der Waals surface area contributed by atoms with Crippen LogP contribution in [-0.2, 0) is 0 Å². The van der Waals surface area contributed by atoms with Gasteiger partial charge in [0.15, 0.2) is 0 Å². The van der Waals surface area contributed by atoms with Crippen LogP contribution in [0.4, 0.5) is 0 Å².